The number of nitrogens with zero attached hydrogens (tertiary/aromatic N) is 1. The van der Waals surface area contributed by atoms with Gasteiger partial charge < -0.3 is 15.8 Å². The highest BCUT2D eigenvalue weighted by molar-refractivity contribution is 14.0. The van der Waals surface area contributed by atoms with Gasteiger partial charge in [-0.1, -0.05) is 15.9 Å². The Morgan fingerprint density at radius 2 is 1.96 bits per heavy atom. The van der Waals surface area contributed by atoms with Crippen LogP contribution in [0.2, 0.25) is 0 Å². The van der Waals surface area contributed by atoms with Crippen molar-refractivity contribution in [2.24, 2.45) is 10.7 Å². The van der Waals surface area contributed by atoms with Crippen molar-refractivity contribution in [3.63, 3.8) is 0 Å². The van der Waals surface area contributed by atoms with Gasteiger partial charge in [-0.2, -0.15) is 0 Å². The van der Waals surface area contributed by atoms with Gasteiger partial charge in [0.05, 0.1) is 7.11 Å². The number of benzene rings is 2. The predicted molar refractivity (Wildman–Crippen MR) is 106 cm³/mol. The molecule has 0 spiro atoms. The summed E-state index contributed by atoms with van der Waals surface area (Å²) in [6, 6.07) is 12.2. The number of hydrogen-bond acceptors (Lipinski definition) is 2. The van der Waals surface area contributed by atoms with Gasteiger partial charge in [0, 0.05) is 16.7 Å². The summed E-state index contributed by atoms with van der Waals surface area (Å²) >= 11 is 3.32. The molecule has 4 nitrogen and oxygen atoms in total. The highest BCUT2D eigenvalue weighted by Gasteiger charge is 2.02. The third-order valence-electron chi connectivity index (χ3n) is 3.03. The number of nitrogens with two attached hydrogens (primary N) is 1. The number of rotatable bonds is 5. The lowest BCUT2D eigenvalue weighted by Gasteiger charge is -2.07. The van der Waals surface area contributed by atoms with E-state index in [4.69, 9.17) is 10.5 Å². The molecular formula is C16H18BrFIN3O. The van der Waals surface area contributed by atoms with E-state index in [1.54, 1.807) is 19.2 Å². The average Bonchev–Trinajstić information content (AvgIpc) is 2.51. The topological polar surface area (TPSA) is 59.6 Å². The van der Waals surface area contributed by atoms with E-state index in [-0.39, 0.29) is 29.8 Å². The summed E-state index contributed by atoms with van der Waals surface area (Å²) in [5.41, 5.74) is 7.24. The van der Waals surface area contributed by atoms with Crippen LogP contribution in [0.3, 0.4) is 0 Å². The number of hydrogen-bond donors (Lipinski definition) is 2. The lowest BCUT2D eigenvalue weighted by molar-refractivity contribution is 0.415. The summed E-state index contributed by atoms with van der Waals surface area (Å²) in [6.45, 7) is 0.405. The van der Waals surface area contributed by atoms with Gasteiger partial charge in [-0.3, -0.25) is 4.99 Å². The maximum Gasteiger partial charge on any atom is 0.193 e. The highest BCUT2D eigenvalue weighted by atomic mass is 127. The molecule has 0 saturated heterocycles. The molecule has 0 unspecified atom stereocenters. The molecule has 0 aromatic heterocycles. The van der Waals surface area contributed by atoms with Crippen LogP contribution in [0.1, 0.15) is 5.56 Å². The van der Waals surface area contributed by atoms with Crippen molar-refractivity contribution >= 4 is 51.6 Å². The predicted octanol–water partition coefficient (Wildman–Crippen LogP) is 4.18. The molecule has 0 bridgehead atoms. The number of methoxy groups -OCH3 is 1. The molecule has 2 aromatic carbocycles. The molecule has 124 valence electrons. The number of anilines is 1. The van der Waals surface area contributed by atoms with Crippen LogP contribution in [-0.4, -0.2) is 19.6 Å². The maximum atomic E-state index is 13.6. The molecule has 0 amide bonds. The van der Waals surface area contributed by atoms with Crippen LogP contribution >= 0.6 is 39.9 Å². The first-order valence-electron chi connectivity index (χ1n) is 6.73. The zero-order valence-electron chi connectivity index (χ0n) is 12.6. The van der Waals surface area contributed by atoms with Crippen LogP contribution in [0.5, 0.6) is 5.75 Å². The quantitative estimate of drug-likeness (QED) is 0.373. The van der Waals surface area contributed by atoms with Crippen LogP contribution in [0.25, 0.3) is 0 Å². The lowest BCUT2D eigenvalue weighted by Crippen LogP contribution is -2.23. The molecule has 23 heavy (non-hydrogen) atoms. The summed E-state index contributed by atoms with van der Waals surface area (Å²) in [7, 11) is 1.61. The van der Waals surface area contributed by atoms with Crippen molar-refractivity contribution in [1.29, 1.82) is 0 Å². The van der Waals surface area contributed by atoms with Crippen LogP contribution in [0.4, 0.5) is 10.1 Å². The first-order chi connectivity index (χ1) is 10.6. The van der Waals surface area contributed by atoms with E-state index in [1.807, 2.05) is 24.3 Å². The third kappa shape index (κ3) is 6.34. The molecule has 0 radical (unpaired) electrons. The molecule has 0 atom stereocenters. The van der Waals surface area contributed by atoms with Gasteiger partial charge in [-0.15, -0.1) is 24.0 Å². The fraction of sp³-hybridized carbons (Fsp3) is 0.188. The number of ether oxygens (including phenoxy) is 1. The summed E-state index contributed by atoms with van der Waals surface area (Å²) in [5, 5.41) is 2.97. The van der Waals surface area contributed by atoms with E-state index in [0.29, 0.717) is 24.5 Å². The van der Waals surface area contributed by atoms with Crippen LogP contribution in [0, 0.1) is 5.82 Å². The van der Waals surface area contributed by atoms with Crippen molar-refractivity contribution < 1.29 is 9.13 Å². The second-order valence-corrected chi connectivity index (χ2v) is 5.52. The molecular weight excluding hydrogens is 476 g/mol. The Labute approximate surface area is 160 Å². The molecule has 0 heterocycles. The Bertz CT molecular complexity index is 665. The summed E-state index contributed by atoms with van der Waals surface area (Å²) in [5.74, 6) is 0.826. The number of nitrogens with one attached hydrogen (secondary N) is 1. The zero-order chi connectivity index (χ0) is 15.9. The fourth-order valence-corrected chi connectivity index (χ4v) is 2.30. The van der Waals surface area contributed by atoms with Crippen LogP contribution in [-0.2, 0) is 6.42 Å². The van der Waals surface area contributed by atoms with Gasteiger partial charge >= 0.3 is 0 Å². The Morgan fingerprint density at radius 1 is 1.26 bits per heavy atom. The van der Waals surface area contributed by atoms with Crippen LogP contribution < -0.4 is 15.8 Å². The molecule has 7 heteroatoms. The minimum absolute atomic E-state index is 0. The monoisotopic (exact) mass is 493 g/mol. The summed E-state index contributed by atoms with van der Waals surface area (Å²) < 4.78 is 19.5. The van der Waals surface area contributed by atoms with Gasteiger partial charge in [0.2, 0.25) is 0 Å². The maximum absolute atomic E-state index is 13.6. The molecule has 2 aromatic rings. The summed E-state index contributed by atoms with van der Waals surface area (Å²) in [4.78, 5) is 4.20. The highest BCUT2D eigenvalue weighted by Crippen LogP contribution is 2.16. The molecule has 0 saturated carbocycles. The number of halogens is 3. The Kier molecular flexibility index (Phi) is 8.32. The standard InChI is InChI=1S/C16H17BrFN3O.HI/c1-22-14-5-3-13(4-6-14)21-16(19)20-9-8-11-10-12(17)2-7-15(11)18;/h2-7,10H,8-9H2,1H3,(H3,19,20,21);1H. The van der Waals surface area contributed by atoms with Gasteiger partial charge in [0.1, 0.15) is 11.6 Å². The van der Waals surface area contributed by atoms with Crippen molar-refractivity contribution in [1.82, 2.24) is 0 Å². The molecule has 3 N–H and O–H groups in total. The van der Waals surface area contributed by atoms with Crippen molar-refractivity contribution in [2.75, 3.05) is 19.0 Å². The number of aliphatic imine (C=N–C) groups is 1. The third-order valence-corrected chi connectivity index (χ3v) is 3.53. The van der Waals surface area contributed by atoms with Gasteiger partial charge in [0.25, 0.3) is 0 Å². The zero-order valence-corrected chi connectivity index (χ0v) is 16.5. The smallest absolute Gasteiger partial charge is 0.193 e. The molecule has 0 aliphatic heterocycles. The van der Waals surface area contributed by atoms with Gasteiger partial charge in [0.15, 0.2) is 5.96 Å². The Balaban J connectivity index is 0.00000264. The Hall–Kier alpha value is -1.35. The van der Waals surface area contributed by atoms with E-state index in [1.165, 1.54) is 6.07 Å². The fourth-order valence-electron chi connectivity index (χ4n) is 1.89. The second kappa shape index (κ2) is 9.71. The van der Waals surface area contributed by atoms with Crippen molar-refractivity contribution in [3.8, 4) is 5.75 Å². The first-order valence-corrected chi connectivity index (χ1v) is 7.52. The minimum atomic E-state index is -0.236. The van der Waals surface area contributed by atoms with E-state index >= 15 is 0 Å². The second-order valence-electron chi connectivity index (χ2n) is 4.61. The van der Waals surface area contributed by atoms with Crippen molar-refractivity contribution in [3.05, 3.63) is 58.3 Å². The van der Waals surface area contributed by atoms with E-state index in [0.717, 1.165) is 15.9 Å². The van der Waals surface area contributed by atoms with E-state index in [9.17, 15) is 4.39 Å². The van der Waals surface area contributed by atoms with Gasteiger partial charge in [-0.05, 0) is 54.4 Å². The largest absolute Gasteiger partial charge is 0.497 e. The normalized spacial score (nSPS) is 10.8. The molecule has 0 aliphatic carbocycles. The Morgan fingerprint density at radius 3 is 2.61 bits per heavy atom. The average molecular weight is 494 g/mol. The molecule has 0 aliphatic rings. The van der Waals surface area contributed by atoms with E-state index in [2.05, 4.69) is 26.2 Å². The lowest BCUT2D eigenvalue weighted by atomic mass is 10.1. The van der Waals surface area contributed by atoms with Crippen LogP contribution in [0.15, 0.2) is 51.9 Å². The number of guanidine groups is 1. The minimum Gasteiger partial charge on any atom is -0.497 e. The SMILES string of the molecule is COc1ccc(NC(N)=NCCc2cc(Br)ccc2F)cc1.I. The van der Waals surface area contributed by atoms with Crippen molar-refractivity contribution in [2.45, 2.75) is 6.42 Å². The summed E-state index contributed by atoms with van der Waals surface area (Å²) in [6.07, 6.45) is 0.482. The molecule has 0 fully saturated rings. The van der Waals surface area contributed by atoms with E-state index < -0.39 is 0 Å². The first kappa shape index (κ1) is 19.7. The molecule has 2 rings (SSSR count). The van der Waals surface area contributed by atoms with Gasteiger partial charge in [-0.25, -0.2) is 4.39 Å².